The molecule has 1 aromatic carbocycles. The lowest BCUT2D eigenvalue weighted by atomic mass is 10.1. The fourth-order valence-electron chi connectivity index (χ4n) is 1.70. The lowest BCUT2D eigenvalue weighted by Gasteiger charge is -2.11. The molecule has 0 saturated carbocycles. The molecule has 0 saturated heterocycles. The number of carbonyl (C=O) groups is 1. The van der Waals surface area contributed by atoms with Crippen molar-refractivity contribution >= 4 is 21.6 Å². The third-order valence-electron chi connectivity index (χ3n) is 2.83. The van der Waals surface area contributed by atoms with E-state index in [-0.39, 0.29) is 10.8 Å². The highest BCUT2D eigenvalue weighted by Crippen LogP contribution is 2.19. The zero-order valence-corrected chi connectivity index (χ0v) is 13.2. The summed E-state index contributed by atoms with van der Waals surface area (Å²) in [5, 5.41) is 2.66. The number of anilines is 1. The number of nitrogens with one attached hydrogen (secondary N) is 2. The molecule has 112 valence electrons. The summed E-state index contributed by atoms with van der Waals surface area (Å²) >= 11 is 0. The standard InChI is InChI=1S/C14H22N2O3S/c1-10(2)7-8-15-20(18,19)13-5-6-14(11(3)9-13)16-12(4)17/h5-6,9-10,15H,7-8H2,1-4H3,(H,16,17). The van der Waals surface area contributed by atoms with Crippen molar-refractivity contribution in [3.8, 4) is 0 Å². The molecule has 6 heteroatoms. The Morgan fingerprint density at radius 2 is 1.95 bits per heavy atom. The molecule has 1 amide bonds. The molecule has 20 heavy (non-hydrogen) atoms. The molecule has 0 atom stereocenters. The van der Waals surface area contributed by atoms with Crippen LogP contribution in [0.4, 0.5) is 5.69 Å². The van der Waals surface area contributed by atoms with Gasteiger partial charge in [0.2, 0.25) is 15.9 Å². The highest BCUT2D eigenvalue weighted by Gasteiger charge is 2.15. The summed E-state index contributed by atoms with van der Waals surface area (Å²) in [7, 11) is -3.49. The van der Waals surface area contributed by atoms with Crippen molar-refractivity contribution in [2.75, 3.05) is 11.9 Å². The first kappa shape index (κ1) is 16.7. The van der Waals surface area contributed by atoms with E-state index in [0.29, 0.717) is 23.7 Å². The van der Waals surface area contributed by atoms with Gasteiger partial charge in [-0.05, 0) is 43.0 Å². The molecular formula is C14H22N2O3S. The van der Waals surface area contributed by atoms with Crippen LogP contribution in [-0.2, 0) is 14.8 Å². The summed E-state index contributed by atoms with van der Waals surface area (Å²) in [5.41, 5.74) is 1.34. The van der Waals surface area contributed by atoms with E-state index in [4.69, 9.17) is 0 Å². The minimum atomic E-state index is -3.49. The van der Waals surface area contributed by atoms with Crippen molar-refractivity contribution in [3.63, 3.8) is 0 Å². The predicted octanol–water partition coefficient (Wildman–Crippen LogP) is 2.28. The molecule has 0 radical (unpaired) electrons. The minimum Gasteiger partial charge on any atom is -0.326 e. The monoisotopic (exact) mass is 298 g/mol. The number of hydrogen-bond donors (Lipinski definition) is 2. The van der Waals surface area contributed by atoms with Gasteiger partial charge in [0.05, 0.1) is 4.90 Å². The van der Waals surface area contributed by atoms with Crippen molar-refractivity contribution in [1.82, 2.24) is 4.72 Å². The molecule has 0 aliphatic rings. The maximum Gasteiger partial charge on any atom is 0.240 e. The third kappa shape index (κ3) is 4.94. The van der Waals surface area contributed by atoms with Crippen LogP contribution in [0.2, 0.25) is 0 Å². The van der Waals surface area contributed by atoms with Crippen LogP contribution in [0.1, 0.15) is 32.8 Å². The summed E-state index contributed by atoms with van der Waals surface area (Å²) < 4.78 is 26.8. The maximum absolute atomic E-state index is 12.1. The van der Waals surface area contributed by atoms with E-state index in [1.54, 1.807) is 19.1 Å². The second kappa shape index (κ2) is 6.85. The van der Waals surface area contributed by atoms with E-state index in [1.807, 2.05) is 13.8 Å². The van der Waals surface area contributed by atoms with E-state index < -0.39 is 10.0 Å². The van der Waals surface area contributed by atoms with Gasteiger partial charge in [-0.2, -0.15) is 0 Å². The molecule has 0 heterocycles. The first-order chi connectivity index (χ1) is 9.22. The summed E-state index contributed by atoms with van der Waals surface area (Å²) in [6, 6.07) is 4.66. The fourth-order valence-corrected chi connectivity index (χ4v) is 2.83. The van der Waals surface area contributed by atoms with Gasteiger partial charge < -0.3 is 5.32 Å². The summed E-state index contributed by atoms with van der Waals surface area (Å²) in [5.74, 6) is 0.264. The lowest BCUT2D eigenvalue weighted by molar-refractivity contribution is -0.114. The van der Waals surface area contributed by atoms with E-state index in [9.17, 15) is 13.2 Å². The molecule has 0 aromatic heterocycles. The number of aryl methyl sites for hydroxylation is 1. The smallest absolute Gasteiger partial charge is 0.240 e. The zero-order chi connectivity index (χ0) is 15.3. The minimum absolute atomic E-state index is 0.182. The van der Waals surface area contributed by atoms with Crippen LogP contribution < -0.4 is 10.0 Å². The van der Waals surface area contributed by atoms with E-state index in [1.165, 1.54) is 13.0 Å². The topological polar surface area (TPSA) is 75.3 Å². The number of sulfonamides is 1. The Balaban J connectivity index is 2.86. The van der Waals surface area contributed by atoms with Gasteiger partial charge in [0.25, 0.3) is 0 Å². The first-order valence-corrected chi connectivity index (χ1v) is 8.08. The Morgan fingerprint density at radius 3 is 2.45 bits per heavy atom. The highest BCUT2D eigenvalue weighted by atomic mass is 32.2. The van der Waals surface area contributed by atoms with Gasteiger partial charge in [0.15, 0.2) is 0 Å². The average Bonchev–Trinajstić information content (AvgIpc) is 2.30. The second-order valence-corrected chi connectivity index (χ2v) is 7.01. The second-order valence-electron chi connectivity index (χ2n) is 5.24. The van der Waals surface area contributed by atoms with Crippen LogP contribution in [0.5, 0.6) is 0 Å². The van der Waals surface area contributed by atoms with Crippen LogP contribution in [0.25, 0.3) is 0 Å². The van der Waals surface area contributed by atoms with Crippen molar-refractivity contribution in [3.05, 3.63) is 23.8 Å². The highest BCUT2D eigenvalue weighted by molar-refractivity contribution is 7.89. The largest absolute Gasteiger partial charge is 0.326 e. The molecule has 1 aromatic rings. The Morgan fingerprint density at radius 1 is 1.30 bits per heavy atom. The first-order valence-electron chi connectivity index (χ1n) is 6.60. The van der Waals surface area contributed by atoms with Crippen molar-refractivity contribution in [2.45, 2.75) is 39.0 Å². The van der Waals surface area contributed by atoms with E-state index in [0.717, 1.165) is 6.42 Å². The van der Waals surface area contributed by atoms with Gasteiger partial charge in [-0.3, -0.25) is 4.79 Å². The molecular weight excluding hydrogens is 276 g/mol. The number of rotatable bonds is 6. The molecule has 0 unspecified atom stereocenters. The molecule has 0 aliphatic carbocycles. The number of hydrogen-bond acceptors (Lipinski definition) is 3. The number of amides is 1. The van der Waals surface area contributed by atoms with Gasteiger partial charge in [-0.25, -0.2) is 13.1 Å². The average molecular weight is 298 g/mol. The maximum atomic E-state index is 12.1. The molecule has 2 N–H and O–H groups in total. The number of benzene rings is 1. The van der Waals surface area contributed by atoms with Gasteiger partial charge in [0.1, 0.15) is 0 Å². The van der Waals surface area contributed by atoms with Crippen molar-refractivity contribution < 1.29 is 13.2 Å². The molecule has 0 bridgehead atoms. The Hall–Kier alpha value is -1.40. The van der Waals surface area contributed by atoms with Crippen molar-refractivity contribution in [2.24, 2.45) is 5.92 Å². The van der Waals surface area contributed by atoms with Crippen LogP contribution in [0.15, 0.2) is 23.1 Å². The quantitative estimate of drug-likeness (QED) is 0.846. The molecule has 1 rings (SSSR count). The van der Waals surface area contributed by atoms with Crippen molar-refractivity contribution in [1.29, 1.82) is 0 Å². The fraction of sp³-hybridized carbons (Fsp3) is 0.500. The SMILES string of the molecule is CC(=O)Nc1ccc(S(=O)(=O)NCCC(C)C)cc1C. The predicted molar refractivity (Wildman–Crippen MR) is 80.1 cm³/mol. The third-order valence-corrected chi connectivity index (χ3v) is 4.29. The van der Waals surface area contributed by atoms with Crippen LogP contribution in [-0.4, -0.2) is 20.9 Å². The van der Waals surface area contributed by atoms with Gasteiger partial charge in [-0.1, -0.05) is 13.8 Å². The lowest BCUT2D eigenvalue weighted by Crippen LogP contribution is -2.25. The van der Waals surface area contributed by atoms with Gasteiger partial charge in [-0.15, -0.1) is 0 Å². The molecule has 0 fully saturated rings. The van der Waals surface area contributed by atoms with E-state index >= 15 is 0 Å². The molecule has 5 nitrogen and oxygen atoms in total. The molecule has 0 spiro atoms. The van der Waals surface area contributed by atoms with Crippen LogP contribution in [0.3, 0.4) is 0 Å². The Bertz CT molecular complexity index is 580. The zero-order valence-electron chi connectivity index (χ0n) is 12.4. The Labute approximate surface area is 120 Å². The molecule has 0 aliphatic heterocycles. The van der Waals surface area contributed by atoms with Gasteiger partial charge in [0, 0.05) is 19.2 Å². The normalized spacial score (nSPS) is 11.7. The summed E-state index contributed by atoms with van der Waals surface area (Å²) in [6.07, 6.45) is 0.794. The number of carbonyl (C=O) groups excluding carboxylic acids is 1. The Kier molecular flexibility index (Phi) is 5.71. The van der Waals surface area contributed by atoms with E-state index in [2.05, 4.69) is 10.0 Å². The summed E-state index contributed by atoms with van der Waals surface area (Å²) in [4.78, 5) is 11.2. The summed E-state index contributed by atoms with van der Waals surface area (Å²) in [6.45, 7) is 7.68. The van der Waals surface area contributed by atoms with Crippen LogP contribution >= 0.6 is 0 Å². The van der Waals surface area contributed by atoms with Crippen LogP contribution in [0, 0.1) is 12.8 Å². The van der Waals surface area contributed by atoms with Gasteiger partial charge >= 0.3 is 0 Å².